The number of carbonyl (C=O) groups is 3. The predicted octanol–water partition coefficient (Wildman–Crippen LogP) is 2.13. The Kier molecular flexibility index (Phi) is 4.31. The Labute approximate surface area is 130 Å². The molecule has 0 aromatic rings. The standard InChI is InChI=1S/C16H23NO5/c1-6-7-10-12(14(19)22-16(3,4)5)9(2)11-8-21-15(20)17(11)13(10)18/h6,9-12H,1,7-8H2,2-5H3/t9?,10-,11-,12?/m1/s1. The third-order valence-corrected chi connectivity index (χ3v) is 4.17. The van der Waals surface area contributed by atoms with Crippen molar-refractivity contribution < 1.29 is 23.9 Å². The molecule has 0 spiro atoms. The maximum atomic E-state index is 12.6. The van der Waals surface area contributed by atoms with Crippen LogP contribution in [0.5, 0.6) is 0 Å². The molecule has 6 nitrogen and oxygen atoms in total. The number of hydrogen-bond acceptors (Lipinski definition) is 5. The summed E-state index contributed by atoms with van der Waals surface area (Å²) < 4.78 is 10.5. The van der Waals surface area contributed by atoms with Crippen LogP contribution >= 0.6 is 0 Å². The van der Waals surface area contributed by atoms with Crippen LogP contribution in [0.4, 0.5) is 4.79 Å². The van der Waals surface area contributed by atoms with Crippen LogP contribution in [-0.2, 0) is 19.1 Å². The van der Waals surface area contributed by atoms with Gasteiger partial charge in [0.2, 0.25) is 5.91 Å². The fourth-order valence-electron chi connectivity index (χ4n) is 3.19. The van der Waals surface area contributed by atoms with E-state index in [9.17, 15) is 14.4 Å². The van der Waals surface area contributed by atoms with Crippen LogP contribution in [-0.4, -0.2) is 41.1 Å². The number of carbonyl (C=O) groups excluding carboxylic acids is 3. The fraction of sp³-hybridized carbons (Fsp3) is 0.688. The van der Waals surface area contributed by atoms with Crippen molar-refractivity contribution in [2.45, 2.75) is 45.8 Å². The van der Waals surface area contributed by atoms with Crippen LogP contribution in [0.25, 0.3) is 0 Å². The third kappa shape index (κ3) is 2.87. The van der Waals surface area contributed by atoms with Gasteiger partial charge in [0.25, 0.3) is 0 Å². The quantitative estimate of drug-likeness (QED) is 0.590. The molecule has 2 heterocycles. The van der Waals surface area contributed by atoms with E-state index in [2.05, 4.69) is 6.58 Å². The molecule has 0 bridgehead atoms. The Morgan fingerprint density at radius 1 is 1.45 bits per heavy atom. The van der Waals surface area contributed by atoms with Crippen LogP contribution in [0.1, 0.15) is 34.1 Å². The van der Waals surface area contributed by atoms with Gasteiger partial charge in [0.1, 0.15) is 12.2 Å². The molecule has 0 aliphatic carbocycles. The molecule has 2 saturated heterocycles. The first-order valence-corrected chi connectivity index (χ1v) is 7.51. The van der Waals surface area contributed by atoms with Gasteiger partial charge in [0.15, 0.2) is 0 Å². The van der Waals surface area contributed by atoms with Crippen LogP contribution < -0.4 is 0 Å². The Hall–Kier alpha value is -1.85. The highest BCUT2D eigenvalue weighted by Crippen LogP contribution is 2.40. The molecule has 0 N–H and O–H groups in total. The van der Waals surface area contributed by atoms with Gasteiger partial charge >= 0.3 is 12.1 Å². The second-order valence-electron chi connectivity index (χ2n) is 6.90. The van der Waals surface area contributed by atoms with Gasteiger partial charge in [-0.1, -0.05) is 13.0 Å². The smallest absolute Gasteiger partial charge is 0.416 e. The zero-order chi connectivity index (χ0) is 16.7. The Morgan fingerprint density at radius 3 is 2.64 bits per heavy atom. The summed E-state index contributed by atoms with van der Waals surface area (Å²) in [6.45, 7) is 11.0. The van der Waals surface area contributed by atoms with Crippen LogP contribution in [0, 0.1) is 17.8 Å². The summed E-state index contributed by atoms with van der Waals surface area (Å²) in [6, 6.07) is -0.404. The lowest BCUT2D eigenvalue weighted by Gasteiger charge is -2.41. The first-order chi connectivity index (χ1) is 10.2. The van der Waals surface area contributed by atoms with Gasteiger partial charge in [0.05, 0.1) is 17.9 Å². The van der Waals surface area contributed by atoms with E-state index < -0.39 is 35.5 Å². The van der Waals surface area contributed by atoms with Gasteiger partial charge < -0.3 is 9.47 Å². The molecule has 2 unspecified atom stereocenters. The molecule has 0 radical (unpaired) electrons. The Bertz CT molecular complexity index is 507. The second kappa shape index (κ2) is 5.74. The number of piperidine rings is 1. The van der Waals surface area contributed by atoms with E-state index >= 15 is 0 Å². The molecule has 4 atom stereocenters. The molecule has 22 heavy (non-hydrogen) atoms. The number of hydrogen-bond donors (Lipinski definition) is 0. The number of esters is 1. The van der Waals surface area contributed by atoms with E-state index in [0.717, 1.165) is 4.90 Å². The third-order valence-electron chi connectivity index (χ3n) is 4.17. The van der Waals surface area contributed by atoms with Crippen molar-refractivity contribution in [3.63, 3.8) is 0 Å². The first-order valence-electron chi connectivity index (χ1n) is 7.51. The van der Waals surface area contributed by atoms with Crippen molar-refractivity contribution in [3.8, 4) is 0 Å². The molecule has 6 heteroatoms. The summed E-state index contributed by atoms with van der Waals surface area (Å²) in [5.41, 5.74) is -0.627. The van der Waals surface area contributed by atoms with Crippen molar-refractivity contribution in [2.24, 2.45) is 17.8 Å². The maximum Gasteiger partial charge on any atom is 0.416 e. The number of imide groups is 1. The zero-order valence-corrected chi connectivity index (χ0v) is 13.5. The topological polar surface area (TPSA) is 72.9 Å². The average Bonchev–Trinajstić information content (AvgIpc) is 2.76. The van der Waals surface area contributed by atoms with Crippen LogP contribution in [0.15, 0.2) is 12.7 Å². The minimum Gasteiger partial charge on any atom is -0.460 e. The van der Waals surface area contributed by atoms with E-state index in [1.54, 1.807) is 26.8 Å². The van der Waals surface area contributed by atoms with Gasteiger partial charge in [-0.25, -0.2) is 9.69 Å². The molecule has 0 saturated carbocycles. The molecule has 122 valence electrons. The normalized spacial score (nSPS) is 31.5. The summed E-state index contributed by atoms with van der Waals surface area (Å²) >= 11 is 0. The summed E-state index contributed by atoms with van der Waals surface area (Å²) in [5.74, 6) is -2.23. The molecule has 2 fully saturated rings. The van der Waals surface area contributed by atoms with Crippen molar-refractivity contribution in [2.75, 3.05) is 6.61 Å². The summed E-state index contributed by atoms with van der Waals surface area (Å²) in [6.07, 6.45) is 1.29. The lowest BCUT2D eigenvalue weighted by atomic mass is 9.73. The lowest BCUT2D eigenvalue weighted by molar-refractivity contribution is -0.172. The van der Waals surface area contributed by atoms with E-state index in [1.807, 2.05) is 6.92 Å². The Balaban J connectivity index is 2.33. The van der Waals surface area contributed by atoms with Crippen molar-refractivity contribution in [3.05, 3.63) is 12.7 Å². The summed E-state index contributed by atoms with van der Waals surface area (Å²) in [7, 11) is 0. The van der Waals surface area contributed by atoms with Crippen molar-refractivity contribution >= 4 is 18.0 Å². The van der Waals surface area contributed by atoms with Gasteiger partial charge in [-0.05, 0) is 33.1 Å². The second-order valence-corrected chi connectivity index (χ2v) is 6.90. The number of amides is 2. The van der Waals surface area contributed by atoms with Gasteiger partial charge in [-0.2, -0.15) is 0 Å². The van der Waals surface area contributed by atoms with E-state index in [-0.39, 0.29) is 18.4 Å². The first kappa shape index (κ1) is 16.5. The molecule has 2 aliphatic heterocycles. The van der Waals surface area contributed by atoms with Gasteiger partial charge in [-0.15, -0.1) is 6.58 Å². The minimum absolute atomic E-state index is 0.131. The minimum atomic E-state index is -0.635. The van der Waals surface area contributed by atoms with Gasteiger partial charge in [0, 0.05) is 0 Å². The van der Waals surface area contributed by atoms with E-state index in [0.29, 0.717) is 6.42 Å². The van der Waals surface area contributed by atoms with Crippen LogP contribution in [0.3, 0.4) is 0 Å². The number of nitrogens with zero attached hydrogens (tertiary/aromatic N) is 1. The summed E-state index contributed by atoms with van der Waals surface area (Å²) in [4.78, 5) is 38.1. The number of rotatable bonds is 3. The van der Waals surface area contributed by atoms with E-state index in [1.165, 1.54) is 0 Å². The molecule has 2 amide bonds. The summed E-state index contributed by atoms with van der Waals surface area (Å²) in [5, 5.41) is 0. The van der Waals surface area contributed by atoms with Crippen molar-refractivity contribution in [1.82, 2.24) is 4.90 Å². The Morgan fingerprint density at radius 2 is 2.09 bits per heavy atom. The zero-order valence-electron chi connectivity index (χ0n) is 13.5. The highest BCUT2D eigenvalue weighted by atomic mass is 16.6. The molecule has 0 aromatic carbocycles. The predicted molar refractivity (Wildman–Crippen MR) is 78.8 cm³/mol. The number of cyclic esters (lactones) is 1. The fourth-order valence-corrected chi connectivity index (χ4v) is 3.19. The molecular weight excluding hydrogens is 286 g/mol. The average molecular weight is 309 g/mol. The number of fused-ring (bicyclic) bond motifs is 1. The molecule has 0 aromatic heterocycles. The van der Waals surface area contributed by atoms with Gasteiger partial charge in [-0.3, -0.25) is 9.59 Å². The highest BCUT2D eigenvalue weighted by Gasteiger charge is 2.55. The highest BCUT2D eigenvalue weighted by molar-refractivity contribution is 5.98. The number of ether oxygens (including phenoxy) is 2. The number of allylic oxidation sites excluding steroid dienone is 1. The molecule has 2 rings (SSSR count). The largest absolute Gasteiger partial charge is 0.460 e. The maximum absolute atomic E-state index is 12.6. The molecular formula is C16H23NO5. The van der Waals surface area contributed by atoms with Crippen LogP contribution in [0.2, 0.25) is 0 Å². The monoisotopic (exact) mass is 309 g/mol. The van der Waals surface area contributed by atoms with Crippen molar-refractivity contribution in [1.29, 1.82) is 0 Å². The van der Waals surface area contributed by atoms with E-state index in [4.69, 9.17) is 9.47 Å². The SMILES string of the molecule is C=CC[C@H]1C(=O)N2C(=O)OC[C@@H]2C(C)C1C(=O)OC(C)(C)C. The molecule has 2 aliphatic rings. The lowest BCUT2D eigenvalue weighted by Crippen LogP contribution is -2.57.